The van der Waals surface area contributed by atoms with Crippen LogP contribution in [0.5, 0.6) is 11.5 Å². The van der Waals surface area contributed by atoms with Gasteiger partial charge < -0.3 is 29.4 Å². The summed E-state index contributed by atoms with van der Waals surface area (Å²) in [6.07, 6.45) is 0.392. The van der Waals surface area contributed by atoms with Crippen LogP contribution in [0.1, 0.15) is 31.7 Å². The van der Waals surface area contributed by atoms with E-state index in [1.165, 1.54) is 33.5 Å². The minimum absolute atomic E-state index is 0.0130. The lowest BCUT2D eigenvalue weighted by Crippen LogP contribution is -2.43. The molecule has 1 aliphatic carbocycles. The van der Waals surface area contributed by atoms with E-state index < -0.39 is 29.6 Å². The zero-order valence-corrected chi connectivity index (χ0v) is 20.4. The maximum absolute atomic E-state index is 13.7. The molecule has 0 fully saturated rings. The van der Waals surface area contributed by atoms with Crippen molar-refractivity contribution in [2.45, 2.75) is 26.2 Å². The summed E-state index contributed by atoms with van der Waals surface area (Å²) in [5.74, 6) is -4.17. The third-order valence-corrected chi connectivity index (χ3v) is 6.38. The summed E-state index contributed by atoms with van der Waals surface area (Å²) in [7, 11) is 4.08. The molecule has 3 atom stereocenters. The number of esters is 2. The van der Waals surface area contributed by atoms with Crippen LogP contribution in [0.15, 0.2) is 34.7 Å². The number of ketones is 1. The number of dihydropyridines is 1. The number of rotatable bonds is 7. The monoisotopic (exact) mass is 493 g/mol. The number of hydrogen-bond acceptors (Lipinski definition) is 9. The lowest BCUT2D eigenvalue weighted by molar-refractivity contribution is -0.151. The summed E-state index contributed by atoms with van der Waals surface area (Å²) >= 11 is 6.25. The molecule has 1 aromatic rings. The number of aromatic hydroxyl groups is 1. The molecule has 0 spiro atoms. The number of ether oxygens (including phenoxy) is 4. The summed E-state index contributed by atoms with van der Waals surface area (Å²) in [5.41, 5.74) is 1.98. The van der Waals surface area contributed by atoms with Crippen LogP contribution in [0.2, 0.25) is 5.02 Å². The summed E-state index contributed by atoms with van der Waals surface area (Å²) in [6.45, 7) is 3.72. The number of phenolic OH excluding ortho intramolecular Hbond substituents is 1. The summed E-state index contributed by atoms with van der Waals surface area (Å²) in [4.78, 5) is 39.3. The average molecular weight is 494 g/mol. The molecular weight excluding hydrogens is 466 g/mol. The van der Waals surface area contributed by atoms with Gasteiger partial charge in [-0.3, -0.25) is 9.59 Å². The zero-order chi connectivity index (χ0) is 25.2. The Kier molecular flexibility index (Phi) is 7.89. The molecule has 0 bridgehead atoms. The number of hydrogen-bond donors (Lipinski definition) is 2. The summed E-state index contributed by atoms with van der Waals surface area (Å²) in [5, 5.41) is 13.4. The Morgan fingerprint density at radius 2 is 1.91 bits per heavy atom. The van der Waals surface area contributed by atoms with Crippen LogP contribution in [0.3, 0.4) is 0 Å². The summed E-state index contributed by atoms with van der Waals surface area (Å²) < 4.78 is 20.5. The van der Waals surface area contributed by atoms with Gasteiger partial charge in [0.2, 0.25) is 0 Å². The van der Waals surface area contributed by atoms with Crippen molar-refractivity contribution in [3.05, 3.63) is 45.3 Å². The lowest BCUT2D eigenvalue weighted by atomic mass is 9.69. The molecule has 0 radical (unpaired) electrons. The van der Waals surface area contributed by atoms with Gasteiger partial charge in [-0.2, -0.15) is 0 Å². The first kappa shape index (κ1) is 25.6. The SMILES string of the molecule is COCCOC(=O)C1=C(C)NC2=C(C(=O)[C@@H](C(=O)OC)[C@@H](C)C2)[C@@H]1c1cc(Cl)c(O)c(OC)c1. The minimum atomic E-state index is -1.02. The van der Waals surface area contributed by atoms with Crippen molar-refractivity contribution in [2.75, 3.05) is 34.5 Å². The molecule has 9 nitrogen and oxygen atoms in total. The lowest BCUT2D eigenvalue weighted by Gasteiger charge is -2.38. The van der Waals surface area contributed by atoms with Crippen molar-refractivity contribution in [3.63, 3.8) is 0 Å². The van der Waals surface area contributed by atoms with Crippen molar-refractivity contribution < 1.29 is 38.4 Å². The first-order valence-corrected chi connectivity index (χ1v) is 11.1. The highest BCUT2D eigenvalue weighted by molar-refractivity contribution is 6.32. The molecule has 34 heavy (non-hydrogen) atoms. The molecule has 0 aromatic heterocycles. The first-order valence-electron chi connectivity index (χ1n) is 10.7. The van der Waals surface area contributed by atoms with Crippen molar-refractivity contribution >= 4 is 29.3 Å². The van der Waals surface area contributed by atoms with Crippen molar-refractivity contribution in [2.24, 2.45) is 11.8 Å². The molecule has 0 saturated carbocycles. The van der Waals surface area contributed by atoms with Gasteiger partial charge in [0, 0.05) is 30.0 Å². The van der Waals surface area contributed by atoms with Gasteiger partial charge >= 0.3 is 11.9 Å². The average Bonchev–Trinajstić information content (AvgIpc) is 2.79. The highest BCUT2D eigenvalue weighted by atomic mass is 35.5. The van der Waals surface area contributed by atoms with Gasteiger partial charge in [0.05, 0.1) is 31.4 Å². The predicted octanol–water partition coefficient (Wildman–Crippen LogP) is 2.86. The van der Waals surface area contributed by atoms with E-state index in [1.54, 1.807) is 13.8 Å². The van der Waals surface area contributed by atoms with Crippen LogP contribution in [0.4, 0.5) is 0 Å². The number of Topliss-reactive ketones (excluding diaryl/α,β-unsaturated/α-hetero) is 1. The second-order valence-corrected chi connectivity index (χ2v) is 8.62. The number of halogens is 1. The van der Waals surface area contributed by atoms with E-state index in [2.05, 4.69) is 5.32 Å². The zero-order valence-electron chi connectivity index (χ0n) is 19.7. The van der Waals surface area contributed by atoms with Crippen LogP contribution in [0.25, 0.3) is 0 Å². The minimum Gasteiger partial charge on any atom is -0.503 e. The molecular formula is C24H28ClNO8. The summed E-state index contributed by atoms with van der Waals surface area (Å²) in [6, 6.07) is 2.98. The first-order chi connectivity index (χ1) is 16.2. The van der Waals surface area contributed by atoms with E-state index >= 15 is 0 Å². The molecule has 0 unspecified atom stereocenters. The second-order valence-electron chi connectivity index (χ2n) is 8.22. The highest BCUT2D eigenvalue weighted by Crippen LogP contribution is 2.48. The van der Waals surface area contributed by atoms with Gasteiger partial charge in [-0.15, -0.1) is 0 Å². The van der Waals surface area contributed by atoms with Crippen molar-refractivity contribution in [1.29, 1.82) is 0 Å². The van der Waals surface area contributed by atoms with Gasteiger partial charge in [-0.1, -0.05) is 18.5 Å². The van der Waals surface area contributed by atoms with Crippen molar-refractivity contribution in [1.82, 2.24) is 5.32 Å². The largest absolute Gasteiger partial charge is 0.503 e. The molecule has 0 amide bonds. The van der Waals surface area contributed by atoms with Crippen LogP contribution in [0, 0.1) is 11.8 Å². The Morgan fingerprint density at radius 1 is 1.21 bits per heavy atom. The second kappa shape index (κ2) is 10.5. The van der Waals surface area contributed by atoms with E-state index in [1.807, 2.05) is 0 Å². The van der Waals surface area contributed by atoms with E-state index in [4.69, 9.17) is 30.5 Å². The molecule has 1 aliphatic heterocycles. The van der Waals surface area contributed by atoms with Gasteiger partial charge in [-0.25, -0.2) is 4.79 Å². The van der Waals surface area contributed by atoms with E-state index in [0.29, 0.717) is 23.4 Å². The molecule has 184 valence electrons. The standard InChI is InChI=1S/C24H28ClNO8/c1-11-8-15-20(22(28)17(11)23(29)33-5)19(13-9-14(25)21(27)16(10-13)32-4)18(12(2)26-15)24(30)34-7-6-31-3/h9-11,17,19,26-27H,6-8H2,1-5H3/t11-,17-,19+/m0/s1. The fraction of sp³-hybridized carbons (Fsp3) is 0.458. The van der Waals surface area contributed by atoms with Crippen LogP contribution >= 0.6 is 11.6 Å². The fourth-order valence-corrected chi connectivity index (χ4v) is 4.72. The molecule has 10 heteroatoms. The number of nitrogens with one attached hydrogen (secondary N) is 1. The molecule has 0 saturated heterocycles. The maximum atomic E-state index is 13.7. The third-order valence-electron chi connectivity index (χ3n) is 6.09. The van der Waals surface area contributed by atoms with Crippen LogP contribution < -0.4 is 10.1 Å². The number of carbonyl (C=O) groups is 3. The van der Waals surface area contributed by atoms with Crippen LogP contribution in [-0.4, -0.2) is 57.4 Å². The molecule has 2 N–H and O–H groups in total. The predicted molar refractivity (Wildman–Crippen MR) is 122 cm³/mol. The smallest absolute Gasteiger partial charge is 0.336 e. The van der Waals surface area contributed by atoms with Crippen molar-refractivity contribution in [3.8, 4) is 11.5 Å². The number of benzene rings is 1. The Balaban J connectivity index is 2.21. The molecule has 1 heterocycles. The quantitative estimate of drug-likeness (QED) is 0.335. The number of carbonyl (C=O) groups excluding carboxylic acids is 3. The van der Waals surface area contributed by atoms with Gasteiger partial charge in [0.25, 0.3) is 0 Å². The number of methoxy groups -OCH3 is 3. The Labute approximate surface area is 202 Å². The number of allylic oxidation sites excluding steroid dienone is 3. The Bertz CT molecular complexity index is 1080. The van der Waals surface area contributed by atoms with E-state index in [-0.39, 0.29) is 46.8 Å². The molecule has 1 aromatic carbocycles. The maximum Gasteiger partial charge on any atom is 0.336 e. The normalized spacial score (nSPS) is 22.2. The Hall–Kier alpha value is -3.04. The molecule has 3 rings (SSSR count). The van der Waals surface area contributed by atoms with E-state index in [0.717, 1.165) is 0 Å². The fourth-order valence-electron chi connectivity index (χ4n) is 4.50. The Morgan fingerprint density at radius 3 is 2.53 bits per heavy atom. The third kappa shape index (κ3) is 4.63. The van der Waals surface area contributed by atoms with E-state index in [9.17, 15) is 19.5 Å². The van der Waals surface area contributed by atoms with Gasteiger partial charge in [-0.05, 0) is 37.0 Å². The highest BCUT2D eigenvalue weighted by Gasteiger charge is 2.47. The topological polar surface area (TPSA) is 120 Å². The van der Waals surface area contributed by atoms with Gasteiger partial charge in [0.1, 0.15) is 12.5 Å². The van der Waals surface area contributed by atoms with Gasteiger partial charge in [0.15, 0.2) is 17.3 Å². The molecule has 2 aliphatic rings. The number of phenols is 1. The van der Waals surface area contributed by atoms with Crippen LogP contribution in [-0.2, 0) is 28.6 Å².